The Balaban J connectivity index is 1.69. The zero-order valence-corrected chi connectivity index (χ0v) is 19.9. The van der Waals surface area contributed by atoms with E-state index in [1.165, 1.54) is 5.56 Å². The van der Waals surface area contributed by atoms with Gasteiger partial charge in [-0.25, -0.2) is 4.79 Å². The number of carbonyl (C=O) groups is 1. The molecule has 3 aromatic rings. The summed E-state index contributed by atoms with van der Waals surface area (Å²) in [4.78, 5) is 13.0. The Morgan fingerprint density at radius 2 is 1.74 bits per heavy atom. The number of rotatable bonds is 9. The Hall–Kier alpha value is -2.37. The second-order valence-electron chi connectivity index (χ2n) is 7.69. The Morgan fingerprint density at radius 3 is 2.35 bits per heavy atom. The molecule has 0 unspecified atom stereocenters. The summed E-state index contributed by atoms with van der Waals surface area (Å²) in [5.74, 6) is 0.707. The molecule has 0 aliphatic rings. The molecular formula is C25H28ClNO3S. The van der Waals surface area contributed by atoms with E-state index in [0.29, 0.717) is 25.3 Å². The van der Waals surface area contributed by atoms with Crippen LogP contribution in [0.4, 0.5) is 0 Å². The number of benzene rings is 2. The molecule has 0 aliphatic carbocycles. The number of aryl methyl sites for hydroxylation is 2. The predicted molar refractivity (Wildman–Crippen MR) is 128 cm³/mol. The van der Waals surface area contributed by atoms with Gasteiger partial charge in [-0.15, -0.1) is 11.8 Å². The Labute approximate surface area is 193 Å². The number of hydrogen-bond donors (Lipinski definition) is 1. The molecule has 31 heavy (non-hydrogen) atoms. The first-order chi connectivity index (χ1) is 14.8. The van der Waals surface area contributed by atoms with Crippen molar-refractivity contribution in [2.75, 3.05) is 6.61 Å². The van der Waals surface area contributed by atoms with Crippen LogP contribution in [0.25, 0.3) is 0 Å². The zero-order valence-electron chi connectivity index (χ0n) is 18.4. The molecule has 0 atom stereocenters. The Morgan fingerprint density at radius 1 is 1.10 bits per heavy atom. The van der Waals surface area contributed by atoms with Gasteiger partial charge in [0.1, 0.15) is 11.4 Å². The second-order valence-corrected chi connectivity index (χ2v) is 9.06. The summed E-state index contributed by atoms with van der Waals surface area (Å²) < 4.78 is 7.81. The van der Waals surface area contributed by atoms with Gasteiger partial charge in [-0.05, 0) is 68.5 Å². The Bertz CT molecular complexity index is 1050. The molecule has 164 valence electrons. The zero-order chi connectivity index (χ0) is 22.5. The molecule has 3 rings (SSSR count). The summed E-state index contributed by atoms with van der Waals surface area (Å²) in [6, 6.07) is 14.1. The quantitative estimate of drug-likeness (QED) is 0.282. The van der Waals surface area contributed by atoms with Crippen molar-refractivity contribution < 1.29 is 14.6 Å². The van der Waals surface area contributed by atoms with E-state index in [4.69, 9.17) is 16.3 Å². The van der Waals surface area contributed by atoms with Gasteiger partial charge in [-0.3, -0.25) is 0 Å². The number of carboxylic acid groups (broad SMARTS) is 1. The molecule has 2 aromatic carbocycles. The SMILES string of the molecule is Cc1cc(OCCCn2c(C)c(SCc3ccccc3)c(C)c2C(=O)O)cc(C)c1Cl. The molecule has 1 aromatic heterocycles. The molecule has 0 aliphatic heterocycles. The van der Waals surface area contributed by atoms with Gasteiger partial charge in [0.05, 0.1) is 6.61 Å². The number of hydrogen-bond acceptors (Lipinski definition) is 3. The van der Waals surface area contributed by atoms with E-state index >= 15 is 0 Å². The molecule has 0 spiro atoms. The molecule has 0 amide bonds. The minimum absolute atomic E-state index is 0.367. The van der Waals surface area contributed by atoms with Gasteiger partial charge in [0.2, 0.25) is 0 Å². The lowest BCUT2D eigenvalue weighted by atomic mass is 10.1. The van der Waals surface area contributed by atoms with Crippen molar-refractivity contribution in [1.82, 2.24) is 4.57 Å². The van der Waals surface area contributed by atoms with Gasteiger partial charge in [0, 0.05) is 27.9 Å². The maximum absolute atomic E-state index is 12.0. The van der Waals surface area contributed by atoms with Crippen LogP contribution >= 0.6 is 23.4 Å². The second kappa shape index (κ2) is 10.3. The lowest BCUT2D eigenvalue weighted by molar-refractivity contribution is 0.0683. The van der Waals surface area contributed by atoms with Crippen LogP contribution in [-0.2, 0) is 12.3 Å². The molecule has 4 nitrogen and oxygen atoms in total. The van der Waals surface area contributed by atoms with E-state index in [1.807, 2.05) is 62.6 Å². The van der Waals surface area contributed by atoms with Crippen LogP contribution in [0, 0.1) is 27.7 Å². The van der Waals surface area contributed by atoms with Crippen LogP contribution in [0.3, 0.4) is 0 Å². The molecule has 0 bridgehead atoms. The van der Waals surface area contributed by atoms with Crippen LogP contribution in [0.2, 0.25) is 5.02 Å². The van der Waals surface area contributed by atoms with E-state index in [0.717, 1.165) is 43.8 Å². The van der Waals surface area contributed by atoms with Crippen LogP contribution in [0.15, 0.2) is 47.4 Å². The van der Waals surface area contributed by atoms with Crippen molar-refractivity contribution in [2.45, 2.75) is 51.3 Å². The van der Waals surface area contributed by atoms with Gasteiger partial charge < -0.3 is 14.4 Å². The molecular weight excluding hydrogens is 430 g/mol. The van der Waals surface area contributed by atoms with Crippen LogP contribution in [0.1, 0.15) is 44.9 Å². The third-order valence-electron chi connectivity index (χ3n) is 5.33. The number of carboxylic acids is 1. The van der Waals surface area contributed by atoms with Crippen molar-refractivity contribution in [3.63, 3.8) is 0 Å². The fourth-order valence-corrected chi connectivity index (χ4v) is 5.02. The van der Waals surface area contributed by atoms with E-state index < -0.39 is 5.97 Å². The number of halogens is 1. The summed E-state index contributed by atoms with van der Waals surface area (Å²) >= 11 is 7.91. The highest BCUT2D eigenvalue weighted by Crippen LogP contribution is 2.34. The van der Waals surface area contributed by atoms with E-state index in [9.17, 15) is 9.90 Å². The third kappa shape index (κ3) is 5.46. The predicted octanol–water partition coefficient (Wildman–Crippen LogP) is 6.83. The highest BCUT2D eigenvalue weighted by Gasteiger charge is 2.22. The number of aromatic carboxylic acids is 1. The molecule has 1 heterocycles. The van der Waals surface area contributed by atoms with Crippen molar-refractivity contribution >= 4 is 29.3 Å². The molecule has 0 saturated carbocycles. The molecule has 0 radical (unpaired) electrons. The average Bonchev–Trinajstić information content (AvgIpc) is 2.98. The van der Waals surface area contributed by atoms with Gasteiger partial charge in [-0.2, -0.15) is 0 Å². The maximum Gasteiger partial charge on any atom is 0.352 e. The monoisotopic (exact) mass is 457 g/mol. The first-order valence-electron chi connectivity index (χ1n) is 10.3. The van der Waals surface area contributed by atoms with Crippen molar-refractivity contribution in [1.29, 1.82) is 0 Å². The molecule has 0 saturated heterocycles. The van der Waals surface area contributed by atoms with E-state index in [-0.39, 0.29) is 0 Å². The minimum Gasteiger partial charge on any atom is -0.494 e. The van der Waals surface area contributed by atoms with Crippen LogP contribution < -0.4 is 4.74 Å². The lowest BCUT2D eigenvalue weighted by Gasteiger charge is -2.12. The summed E-state index contributed by atoms with van der Waals surface area (Å²) in [6.07, 6.45) is 0.707. The number of thioether (sulfide) groups is 1. The summed E-state index contributed by atoms with van der Waals surface area (Å²) in [5, 5.41) is 10.6. The van der Waals surface area contributed by atoms with Gasteiger partial charge in [0.25, 0.3) is 0 Å². The minimum atomic E-state index is -0.892. The number of aromatic nitrogens is 1. The fraction of sp³-hybridized carbons (Fsp3) is 0.320. The van der Waals surface area contributed by atoms with Gasteiger partial charge in [-0.1, -0.05) is 41.9 Å². The van der Waals surface area contributed by atoms with E-state index in [2.05, 4.69) is 12.1 Å². The number of nitrogens with zero attached hydrogens (tertiary/aromatic N) is 1. The summed E-state index contributed by atoms with van der Waals surface area (Å²) in [5.41, 5.74) is 5.39. The standard InChI is InChI=1S/C25H28ClNO3S/c1-16-13-21(14-17(2)22(16)26)30-12-8-11-27-19(4)24(18(3)23(27)25(28)29)31-15-20-9-6-5-7-10-20/h5-7,9-10,13-14H,8,11-12,15H2,1-4H3,(H,28,29). The van der Waals surface area contributed by atoms with Gasteiger partial charge in [0.15, 0.2) is 0 Å². The van der Waals surface area contributed by atoms with E-state index in [1.54, 1.807) is 11.8 Å². The molecule has 6 heteroatoms. The van der Waals surface area contributed by atoms with Crippen LogP contribution in [-0.4, -0.2) is 22.2 Å². The summed E-state index contributed by atoms with van der Waals surface area (Å²) in [6.45, 7) is 8.91. The normalized spacial score (nSPS) is 11.0. The van der Waals surface area contributed by atoms with Gasteiger partial charge >= 0.3 is 5.97 Å². The van der Waals surface area contributed by atoms with Crippen molar-refractivity contribution in [2.24, 2.45) is 0 Å². The third-order valence-corrected chi connectivity index (χ3v) is 7.30. The van der Waals surface area contributed by atoms with Crippen LogP contribution in [0.5, 0.6) is 5.75 Å². The largest absolute Gasteiger partial charge is 0.494 e. The summed E-state index contributed by atoms with van der Waals surface area (Å²) in [7, 11) is 0. The lowest BCUT2D eigenvalue weighted by Crippen LogP contribution is -2.13. The first-order valence-corrected chi connectivity index (χ1v) is 11.6. The molecule has 1 N–H and O–H groups in total. The smallest absolute Gasteiger partial charge is 0.352 e. The fourth-order valence-electron chi connectivity index (χ4n) is 3.77. The number of ether oxygens (including phenoxy) is 1. The average molecular weight is 458 g/mol. The Kier molecular flexibility index (Phi) is 7.74. The topological polar surface area (TPSA) is 51.5 Å². The van der Waals surface area contributed by atoms with Crippen molar-refractivity contribution in [3.8, 4) is 5.75 Å². The highest BCUT2D eigenvalue weighted by molar-refractivity contribution is 7.98. The van der Waals surface area contributed by atoms with Crippen molar-refractivity contribution in [3.05, 3.63) is 81.1 Å². The maximum atomic E-state index is 12.0. The first kappa shape index (κ1) is 23.3. The molecule has 0 fully saturated rings. The highest BCUT2D eigenvalue weighted by atomic mass is 35.5.